The maximum Gasteiger partial charge on any atom is 0.306 e. The maximum atomic E-state index is 12.9. The second kappa shape index (κ2) is 68.5. The van der Waals surface area contributed by atoms with Crippen molar-refractivity contribution in [2.75, 3.05) is 13.2 Å². The molecule has 0 saturated carbocycles. The molecule has 1 unspecified atom stereocenters. The summed E-state index contributed by atoms with van der Waals surface area (Å²) in [5.41, 5.74) is 0. The Bertz CT molecular complexity index is 1830. The van der Waals surface area contributed by atoms with Crippen LogP contribution in [-0.2, 0) is 28.6 Å². The zero-order valence-corrected chi connectivity index (χ0v) is 52.9. The second-order valence-electron chi connectivity index (χ2n) is 21.6. The molecule has 6 nitrogen and oxygen atoms in total. The predicted octanol–water partition coefficient (Wildman–Crippen LogP) is 23.3. The van der Waals surface area contributed by atoms with Crippen LogP contribution >= 0.6 is 0 Å². The van der Waals surface area contributed by atoms with Crippen molar-refractivity contribution in [2.24, 2.45) is 0 Å². The summed E-state index contributed by atoms with van der Waals surface area (Å²) in [4.78, 5) is 38.3. The van der Waals surface area contributed by atoms with Crippen molar-refractivity contribution < 1.29 is 28.6 Å². The number of esters is 3. The third-order valence-corrected chi connectivity index (χ3v) is 13.7. The van der Waals surface area contributed by atoms with Crippen molar-refractivity contribution in [1.29, 1.82) is 0 Å². The predicted molar refractivity (Wildman–Crippen MR) is 357 cm³/mol. The van der Waals surface area contributed by atoms with Crippen LogP contribution in [-0.4, -0.2) is 37.2 Å². The van der Waals surface area contributed by atoms with E-state index in [0.717, 1.165) is 148 Å². The minimum absolute atomic E-state index is 0.104. The molecule has 0 aliphatic carbocycles. The highest BCUT2D eigenvalue weighted by Gasteiger charge is 2.19. The molecule has 462 valence electrons. The average molecular weight is 1130 g/mol. The van der Waals surface area contributed by atoms with Crippen molar-refractivity contribution in [2.45, 2.75) is 290 Å². The van der Waals surface area contributed by atoms with Crippen LogP contribution in [0.2, 0.25) is 0 Å². The molecule has 0 aromatic heterocycles. The molecular formula is C76H122O6. The van der Waals surface area contributed by atoms with Gasteiger partial charge in [0.1, 0.15) is 13.2 Å². The van der Waals surface area contributed by atoms with Crippen LogP contribution in [0.3, 0.4) is 0 Å². The van der Waals surface area contributed by atoms with Crippen LogP contribution in [0.5, 0.6) is 0 Å². The molecule has 0 radical (unpaired) electrons. The standard InChI is InChI=1S/C76H122O6/c1-4-7-10-13-16-19-22-25-28-29-30-31-32-33-34-35-36-37-38-39-40-41-42-43-44-45-46-47-49-51-54-57-60-63-66-69-75(78)81-72-73(71-80-74(77)68-65-62-59-56-53-50-27-24-21-18-15-12-9-6-3)82-76(79)70-67-64-61-58-55-52-48-26-23-20-17-14-11-8-5-2/h7-8,10-11,15-20,24-28,30-31,33-34,36-37,39-40,48,55,58,73H,4-6,9,12-14,21-23,29,32,35,38,41-47,49-54,56-57,59-72H2,1-3H3/b10-7-,11-8-,18-15-,19-16-,20-17-,27-24-,28-25-,31-30-,34-33-,37-36-,40-39-,48-26-,58-55-. The lowest BCUT2D eigenvalue weighted by Gasteiger charge is -2.18. The number of hydrogen-bond donors (Lipinski definition) is 0. The lowest BCUT2D eigenvalue weighted by molar-refractivity contribution is -0.167. The Kier molecular flexibility index (Phi) is 64.4. The first-order valence-electron chi connectivity index (χ1n) is 33.5. The van der Waals surface area contributed by atoms with Crippen LogP contribution in [0, 0.1) is 0 Å². The molecule has 0 amide bonds. The molecule has 0 rings (SSSR count). The number of ether oxygens (including phenoxy) is 3. The van der Waals surface area contributed by atoms with Crippen molar-refractivity contribution in [3.05, 3.63) is 158 Å². The molecule has 82 heavy (non-hydrogen) atoms. The fourth-order valence-electron chi connectivity index (χ4n) is 8.78. The van der Waals surface area contributed by atoms with Gasteiger partial charge in [-0.2, -0.15) is 0 Å². The first-order valence-corrected chi connectivity index (χ1v) is 33.5. The van der Waals surface area contributed by atoms with Crippen molar-refractivity contribution in [3.63, 3.8) is 0 Å². The number of carbonyl (C=O) groups is 3. The number of allylic oxidation sites excluding steroid dienone is 26. The lowest BCUT2D eigenvalue weighted by atomic mass is 10.0. The second-order valence-corrected chi connectivity index (χ2v) is 21.6. The number of unbranched alkanes of at least 4 members (excludes halogenated alkanes) is 22. The van der Waals surface area contributed by atoms with Gasteiger partial charge in [0.05, 0.1) is 0 Å². The molecule has 0 aliphatic heterocycles. The first-order chi connectivity index (χ1) is 40.5. The monoisotopic (exact) mass is 1130 g/mol. The van der Waals surface area contributed by atoms with Crippen LogP contribution < -0.4 is 0 Å². The summed E-state index contributed by atoms with van der Waals surface area (Å²) in [7, 11) is 0. The van der Waals surface area contributed by atoms with Gasteiger partial charge in [-0.3, -0.25) is 14.4 Å². The Hall–Kier alpha value is -4.97. The summed E-state index contributed by atoms with van der Waals surface area (Å²) in [6.07, 6.45) is 99.8. The molecule has 0 aliphatic rings. The fraction of sp³-hybridized carbons (Fsp3) is 0.618. The van der Waals surface area contributed by atoms with Crippen LogP contribution in [0.25, 0.3) is 0 Å². The van der Waals surface area contributed by atoms with Crippen molar-refractivity contribution >= 4 is 17.9 Å². The van der Waals surface area contributed by atoms with Crippen molar-refractivity contribution in [1.82, 2.24) is 0 Å². The van der Waals surface area contributed by atoms with E-state index in [4.69, 9.17) is 14.2 Å². The zero-order valence-electron chi connectivity index (χ0n) is 52.9. The topological polar surface area (TPSA) is 78.9 Å². The SMILES string of the molecule is CC/C=C\C/C=C\C/C=C\C/C=C\C/C=C\C/C=C\C/C=C\CCCCCCCCCCCCCCCC(=O)OCC(COC(=O)CCCCCCC/C=C\C/C=C\CCCC)OC(=O)CCCC/C=C\C/C=C\C/C=C\C/C=C\CC. The summed E-state index contributed by atoms with van der Waals surface area (Å²) in [6, 6.07) is 0. The van der Waals surface area contributed by atoms with Gasteiger partial charge in [0.25, 0.3) is 0 Å². The molecule has 0 N–H and O–H groups in total. The lowest BCUT2D eigenvalue weighted by Crippen LogP contribution is -2.30. The molecule has 0 heterocycles. The number of hydrogen-bond acceptors (Lipinski definition) is 6. The molecule has 0 saturated heterocycles. The third kappa shape index (κ3) is 65.8. The van der Waals surface area contributed by atoms with E-state index >= 15 is 0 Å². The molecule has 6 heteroatoms. The van der Waals surface area contributed by atoms with E-state index in [0.29, 0.717) is 19.3 Å². The maximum absolute atomic E-state index is 12.9. The fourth-order valence-corrected chi connectivity index (χ4v) is 8.78. The number of carbonyl (C=O) groups excluding carboxylic acids is 3. The van der Waals surface area contributed by atoms with E-state index < -0.39 is 6.10 Å². The van der Waals surface area contributed by atoms with Crippen molar-refractivity contribution in [3.8, 4) is 0 Å². The largest absolute Gasteiger partial charge is 0.462 e. The molecule has 0 fully saturated rings. The Morgan fingerprint density at radius 2 is 0.476 bits per heavy atom. The highest BCUT2D eigenvalue weighted by Crippen LogP contribution is 2.15. The summed E-state index contributed by atoms with van der Waals surface area (Å²) >= 11 is 0. The van der Waals surface area contributed by atoms with E-state index in [1.54, 1.807) is 0 Å². The summed E-state index contributed by atoms with van der Waals surface area (Å²) < 4.78 is 16.9. The van der Waals surface area contributed by atoms with E-state index in [9.17, 15) is 14.4 Å². The van der Waals surface area contributed by atoms with E-state index in [-0.39, 0.29) is 37.5 Å². The van der Waals surface area contributed by atoms with Gasteiger partial charge in [-0.1, -0.05) is 281 Å². The molecular weight excluding hydrogens is 1010 g/mol. The van der Waals surface area contributed by atoms with E-state index in [2.05, 4.69) is 179 Å². The van der Waals surface area contributed by atoms with Gasteiger partial charge in [0.15, 0.2) is 6.10 Å². The van der Waals surface area contributed by atoms with Gasteiger partial charge >= 0.3 is 17.9 Å². The van der Waals surface area contributed by atoms with Gasteiger partial charge in [-0.15, -0.1) is 0 Å². The molecule has 0 spiro atoms. The highest BCUT2D eigenvalue weighted by atomic mass is 16.6. The van der Waals surface area contributed by atoms with Gasteiger partial charge in [-0.05, 0) is 141 Å². The molecule has 0 bridgehead atoms. The quantitative estimate of drug-likeness (QED) is 0.0261. The summed E-state index contributed by atoms with van der Waals surface area (Å²) in [6.45, 7) is 6.32. The molecule has 1 atom stereocenters. The van der Waals surface area contributed by atoms with Crippen LogP contribution in [0.15, 0.2) is 158 Å². The zero-order chi connectivity index (χ0) is 59.2. The Balaban J connectivity index is 4.25. The van der Waals surface area contributed by atoms with Gasteiger partial charge in [0.2, 0.25) is 0 Å². The smallest absolute Gasteiger partial charge is 0.306 e. The minimum Gasteiger partial charge on any atom is -0.462 e. The minimum atomic E-state index is -0.812. The summed E-state index contributed by atoms with van der Waals surface area (Å²) in [5, 5.41) is 0. The highest BCUT2D eigenvalue weighted by molar-refractivity contribution is 5.71. The van der Waals surface area contributed by atoms with E-state index in [1.807, 2.05) is 0 Å². The molecule has 0 aromatic rings. The van der Waals surface area contributed by atoms with Gasteiger partial charge in [-0.25, -0.2) is 0 Å². The first kappa shape index (κ1) is 77.0. The normalized spacial score (nSPS) is 13.2. The molecule has 0 aromatic carbocycles. The Morgan fingerprint density at radius 3 is 0.768 bits per heavy atom. The Labute approximate surface area is 505 Å². The average Bonchev–Trinajstić information content (AvgIpc) is 3.48. The van der Waals surface area contributed by atoms with Crippen LogP contribution in [0.4, 0.5) is 0 Å². The third-order valence-electron chi connectivity index (χ3n) is 13.7. The van der Waals surface area contributed by atoms with Gasteiger partial charge in [0, 0.05) is 19.3 Å². The van der Waals surface area contributed by atoms with E-state index in [1.165, 1.54) is 89.9 Å². The number of rotatable bonds is 59. The Morgan fingerprint density at radius 1 is 0.256 bits per heavy atom. The van der Waals surface area contributed by atoms with Gasteiger partial charge < -0.3 is 14.2 Å². The van der Waals surface area contributed by atoms with Crippen LogP contribution in [0.1, 0.15) is 284 Å². The summed E-state index contributed by atoms with van der Waals surface area (Å²) in [5.74, 6) is -0.962.